The Hall–Kier alpha value is -0.240. The Morgan fingerprint density at radius 1 is 1.44 bits per heavy atom. The molecule has 1 fully saturated rings. The Kier molecular flexibility index (Phi) is 5.51. The van der Waals surface area contributed by atoms with Gasteiger partial charge in [0.1, 0.15) is 5.25 Å². The van der Waals surface area contributed by atoms with Gasteiger partial charge in [-0.1, -0.05) is 12.2 Å². The summed E-state index contributed by atoms with van der Waals surface area (Å²) in [6.07, 6.45) is 1.81. The molecule has 1 aliphatic rings. The molecule has 1 aliphatic heterocycles. The third-order valence-electron chi connectivity index (χ3n) is 3.40. The van der Waals surface area contributed by atoms with Gasteiger partial charge in [-0.25, -0.2) is 12.7 Å². The van der Waals surface area contributed by atoms with Gasteiger partial charge in [0.25, 0.3) is 0 Å². The summed E-state index contributed by atoms with van der Waals surface area (Å²) in [6, 6.07) is 0. The summed E-state index contributed by atoms with van der Waals surface area (Å²) < 4.78 is 25.9. The molecule has 0 bridgehead atoms. The lowest BCUT2D eigenvalue weighted by Crippen LogP contribution is -2.47. The van der Waals surface area contributed by atoms with Gasteiger partial charge < -0.3 is 10.6 Å². The Bertz CT molecular complexity index is 387. The summed E-state index contributed by atoms with van der Waals surface area (Å²) in [5, 5.41) is -0.766. The summed E-state index contributed by atoms with van der Waals surface area (Å²) in [5.41, 5.74) is 5.44. The van der Waals surface area contributed by atoms with Crippen molar-refractivity contribution in [2.75, 3.05) is 33.7 Å². The van der Waals surface area contributed by atoms with Crippen LogP contribution in [0.5, 0.6) is 0 Å². The molecule has 0 aromatic rings. The zero-order valence-corrected chi connectivity index (χ0v) is 12.9. The molecule has 0 aliphatic carbocycles. The molecule has 1 rings (SSSR count). The zero-order valence-electron chi connectivity index (χ0n) is 11.3. The van der Waals surface area contributed by atoms with E-state index >= 15 is 0 Å². The lowest BCUT2D eigenvalue weighted by atomic mass is 9.98. The molecule has 5 nitrogen and oxygen atoms in total. The third-order valence-corrected chi connectivity index (χ3v) is 6.14. The van der Waals surface area contributed by atoms with E-state index in [0.717, 1.165) is 19.4 Å². The first-order valence-corrected chi connectivity index (χ1v) is 8.09. The summed E-state index contributed by atoms with van der Waals surface area (Å²) in [4.78, 5) is 2.19. The van der Waals surface area contributed by atoms with E-state index in [0.29, 0.717) is 19.0 Å². The Balaban J connectivity index is 2.60. The predicted octanol–water partition coefficient (Wildman–Crippen LogP) is 0.264. The summed E-state index contributed by atoms with van der Waals surface area (Å²) in [7, 11) is 0.720. The van der Waals surface area contributed by atoms with Gasteiger partial charge in [0.15, 0.2) is 0 Å². The molecule has 0 amide bonds. The van der Waals surface area contributed by atoms with Gasteiger partial charge in [-0.15, -0.1) is 0 Å². The molecule has 18 heavy (non-hydrogen) atoms. The molecule has 1 unspecified atom stereocenters. The minimum atomic E-state index is -3.36. The Morgan fingerprint density at radius 3 is 2.33 bits per heavy atom. The second kappa shape index (κ2) is 6.27. The third kappa shape index (κ3) is 3.88. The van der Waals surface area contributed by atoms with E-state index in [1.807, 2.05) is 14.1 Å². The van der Waals surface area contributed by atoms with Gasteiger partial charge in [0.2, 0.25) is 10.0 Å². The van der Waals surface area contributed by atoms with Crippen LogP contribution in [0.2, 0.25) is 0 Å². The van der Waals surface area contributed by atoms with Crippen LogP contribution in [0.15, 0.2) is 0 Å². The average molecular weight is 293 g/mol. The lowest BCUT2D eigenvalue weighted by molar-refractivity contribution is 0.224. The largest absolute Gasteiger partial charge is 0.392 e. The SMILES string of the molecule is CC(C(N)=S)S(=O)(=O)N1CCC(CN(C)C)CC1. The van der Waals surface area contributed by atoms with Crippen LogP contribution in [0.3, 0.4) is 0 Å². The highest BCUT2D eigenvalue weighted by molar-refractivity contribution is 7.92. The van der Waals surface area contributed by atoms with Crippen LogP contribution in [-0.4, -0.2) is 61.6 Å². The van der Waals surface area contributed by atoms with Crippen molar-refractivity contribution in [2.24, 2.45) is 11.7 Å². The van der Waals surface area contributed by atoms with Crippen LogP contribution in [0.1, 0.15) is 19.8 Å². The summed E-state index contributed by atoms with van der Waals surface area (Å²) in [5.74, 6) is 0.576. The molecule has 1 atom stereocenters. The highest BCUT2D eigenvalue weighted by Crippen LogP contribution is 2.22. The Morgan fingerprint density at radius 2 is 1.94 bits per heavy atom. The molecule has 106 valence electrons. The second-order valence-corrected chi connectivity index (χ2v) is 7.92. The minimum Gasteiger partial charge on any atom is -0.392 e. The fourth-order valence-corrected chi connectivity index (χ4v) is 4.06. The number of hydrogen-bond donors (Lipinski definition) is 1. The molecule has 1 heterocycles. The van der Waals surface area contributed by atoms with Crippen molar-refractivity contribution < 1.29 is 8.42 Å². The van der Waals surface area contributed by atoms with Gasteiger partial charge >= 0.3 is 0 Å². The van der Waals surface area contributed by atoms with Crippen LogP contribution in [0.4, 0.5) is 0 Å². The number of hydrogen-bond acceptors (Lipinski definition) is 4. The number of sulfonamides is 1. The van der Waals surface area contributed by atoms with Crippen molar-refractivity contribution in [3.8, 4) is 0 Å². The molecule has 0 aromatic carbocycles. The molecular weight excluding hydrogens is 270 g/mol. The van der Waals surface area contributed by atoms with Crippen molar-refractivity contribution in [3.63, 3.8) is 0 Å². The topological polar surface area (TPSA) is 66.6 Å². The summed E-state index contributed by atoms with van der Waals surface area (Å²) >= 11 is 4.78. The number of thiocarbonyl (C=S) groups is 1. The summed E-state index contributed by atoms with van der Waals surface area (Å²) in [6.45, 7) is 3.73. The highest BCUT2D eigenvalue weighted by Gasteiger charge is 2.33. The normalized spacial score (nSPS) is 21.1. The average Bonchev–Trinajstić information content (AvgIpc) is 2.27. The van der Waals surface area contributed by atoms with Crippen molar-refractivity contribution in [1.82, 2.24) is 9.21 Å². The zero-order chi connectivity index (χ0) is 13.9. The van der Waals surface area contributed by atoms with E-state index < -0.39 is 15.3 Å². The molecule has 0 radical (unpaired) electrons. The predicted molar refractivity (Wildman–Crippen MR) is 78.0 cm³/mol. The van der Waals surface area contributed by atoms with Gasteiger partial charge in [-0.3, -0.25) is 0 Å². The first-order valence-electron chi connectivity index (χ1n) is 6.18. The number of nitrogens with zero attached hydrogens (tertiary/aromatic N) is 2. The maximum atomic E-state index is 12.2. The number of rotatable bonds is 5. The fourth-order valence-electron chi connectivity index (χ4n) is 2.23. The van der Waals surface area contributed by atoms with Crippen LogP contribution >= 0.6 is 12.2 Å². The smallest absolute Gasteiger partial charge is 0.223 e. The maximum absolute atomic E-state index is 12.2. The van der Waals surface area contributed by atoms with Crippen LogP contribution in [0, 0.1) is 5.92 Å². The standard InChI is InChI=1S/C11H23N3O2S2/c1-9(11(12)17)18(15,16)14-6-4-10(5-7-14)8-13(2)3/h9-10H,4-8H2,1-3H3,(H2,12,17). The van der Waals surface area contributed by atoms with Crippen molar-refractivity contribution in [3.05, 3.63) is 0 Å². The molecular formula is C11H23N3O2S2. The molecule has 0 aromatic heterocycles. The van der Waals surface area contributed by atoms with E-state index in [1.165, 1.54) is 4.31 Å². The van der Waals surface area contributed by atoms with E-state index in [4.69, 9.17) is 18.0 Å². The van der Waals surface area contributed by atoms with Gasteiger partial charge in [0, 0.05) is 19.6 Å². The van der Waals surface area contributed by atoms with Crippen molar-refractivity contribution >= 4 is 27.2 Å². The van der Waals surface area contributed by atoms with E-state index in [1.54, 1.807) is 6.92 Å². The minimum absolute atomic E-state index is 0.0467. The lowest BCUT2D eigenvalue weighted by Gasteiger charge is -2.33. The first kappa shape index (κ1) is 15.8. The van der Waals surface area contributed by atoms with Crippen LogP contribution in [-0.2, 0) is 10.0 Å². The number of nitrogens with two attached hydrogens (primary N) is 1. The van der Waals surface area contributed by atoms with Gasteiger partial charge in [0.05, 0.1) is 4.99 Å². The van der Waals surface area contributed by atoms with E-state index in [2.05, 4.69) is 4.90 Å². The molecule has 0 saturated carbocycles. The van der Waals surface area contributed by atoms with Crippen LogP contribution < -0.4 is 5.73 Å². The van der Waals surface area contributed by atoms with Gasteiger partial charge in [-0.05, 0) is 39.8 Å². The van der Waals surface area contributed by atoms with Crippen molar-refractivity contribution in [1.29, 1.82) is 0 Å². The highest BCUT2D eigenvalue weighted by atomic mass is 32.2. The fraction of sp³-hybridized carbons (Fsp3) is 0.909. The van der Waals surface area contributed by atoms with Crippen molar-refractivity contribution in [2.45, 2.75) is 25.0 Å². The molecule has 7 heteroatoms. The van der Waals surface area contributed by atoms with E-state index in [-0.39, 0.29) is 4.99 Å². The molecule has 2 N–H and O–H groups in total. The maximum Gasteiger partial charge on any atom is 0.223 e. The quantitative estimate of drug-likeness (QED) is 0.737. The number of piperidine rings is 1. The van der Waals surface area contributed by atoms with Crippen LogP contribution in [0.25, 0.3) is 0 Å². The molecule has 0 spiro atoms. The Labute approximate surface area is 115 Å². The monoisotopic (exact) mass is 293 g/mol. The van der Waals surface area contributed by atoms with E-state index in [9.17, 15) is 8.42 Å². The molecule has 1 saturated heterocycles. The first-order chi connectivity index (χ1) is 8.25. The van der Waals surface area contributed by atoms with Gasteiger partial charge in [-0.2, -0.15) is 0 Å². The second-order valence-electron chi connectivity index (χ2n) is 5.19.